The summed E-state index contributed by atoms with van der Waals surface area (Å²) in [7, 11) is 0. The maximum absolute atomic E-state index is 6.60. The molecule has 0 atom stereocenters. The monoisotopic (exact) mass is 311 g/mol. The first-order valence-corrected chi connectivity index (χ1v) is 8.94. The van der Waals surface area contributed by atoms with Crippen LogP contribution in [0, 0.1) is 5.41 Å². The van der Waals surface area contributed by atoms with Crippen molar-refractivity contribution >= 4 is 11.6 Å². The van der Waals surface area contributed by atoms with Crippen LogP contribution in [0.2, 0.25) is 5.02 Å². The van der Waals surface area contributed by atoms with Gasteiger partial charge in [0.05, 0.1) is 16.4 Å². The predicted octanol–water partition coefficient (Wildman–Crippen LogP) is 4.22. The summed E-state index contributed by atoms with van der Waals surface area (Å²) >= 11 is 6.60. The van der Waals surface area contributed by atoms with Crippen molar-refractivity contribution in [3.05, 3.63) is 16.4 Å². The zero-order valence-electron chi connectivity index (χ0n) is 14.0. The Kier molecular flexibility index (Phi) is 5.73. The quantitative estimate of drug-likeness (QED) is 0.740. The summed E-state index contributed by atoms with van der Waals surface area (Å²) in [5.74, 6) is 0. The van der Waals surface area contributed by atoms with Crippen LogP contribution in [0.15, 0.2) is 0 Å². The average molecular weight is 312 g/mol. The Hall–Kier alpha value is -0.540. The van der Waals surface area contributed by atoms with Crippen LogP contribution in [-0.4, -0.2) is 22.4 Å². The number of aryl methyl sites for hydroxylation is 2. The number of halogens is 1. The summed E-state index contributed by atoms with van der Waals surface area (Å²) in [5, 5.41) is 9.30. The van der Waals surface area contributed by atoms with E-state index in [1.54, 1.807) is 0 Å². The van der Waals surface area contributed by atoms with Crippen LogP contribution in [-0.2, 0) is 19.4 Å². The van der Waals surface area contributed by atoms with Gasteiger partial charge in [0.1, 0.15) is 0 Å². The Morgan fingerprint density at radius 3 is 2.38 bits per heavy atom. The Morgan fingerprint density at radius 1 is 1.24 bits per heavy atom. The normalized spacial score (nSPS) is 15.7. The van der Waals surface area contributed by atoms with E-state index in [0.29, 0.717) is 5.41 Å². The molecule has 1 fully saturated rings. The molecule has 0 aromatic carbocycles. The van der Waals surface area contributed by atoms with Crippen LogP contribution < -0.4 is 5.32 Å². The molecule has 1 aliphatic carbocycles. The van der Waals surface area contributed by atoms with Crippen molar-refractivity contribution in [2.45, 2.75) is 78.8 Å². The zero-order chi connectivity index (χ0) is 15.5. The Balaban J connectivity index is 2.20. The number of hydrogen-bond donors (Lipinski definition) is 1. The van der Waals surface area contributed by atoms with Gasteiger partial charge in [-0.15, -0.1) is 0 Å². The van der Waals surface area contributed by atoms with Crippen molar-refractivity contribution in [3.8, 4) is 0 Å². The molecule has 0 spiro atoms. The molecule has 0 bridgehead atoms. The molecule has 2 rings (SSSR count). The fraction of sp³-hybridized carbons (Fsp3) is 0.824. The van der Waals surface area contributed by atoms with E-state index in [4.69, 9.17) is 11.6 Å². The van der Waals surface area contributed by atoms with Gasteiger partial charge in [-0.25, -0.2) is 0 Å². The fourth-order valence-corrected chi connectivity index (χ4v) is 3.34. The van der Waals surface area contributed by atoms with Gasteiger partial charge in [-0.3, -0.25) is 4.68 Å². The summed E-state index contributed by atoms with van der Waals surface area (Å²) in [5.41, 5.74) is 2.58. The van der Waals surface area contributed by atoms with Crippen LogP contribution >= 0.6 is 11.6 Å². The van der Waals surface area contributed by atoms with E-state index in [-0.39, 0.29) is 0 Å². The molecular weight excluding hydrogens is 282 g/mol. The van der Waals surface area contributed by atoms with Crippen molar-refractivity contribution in [1.82, 2.24) is 15.1 Å². The van der Waals surface area contributed by atoms with Crippen molar-refractivity contribution in [1.29, 1.82) is 0 Å². The lowest BCUT2D eigenvalue weighted by atomic mass is 9.78. The van der Waals surface area contributed by atoms with Gasteiger partial charge < -0.3 is 5.32 Å². The van der Waals surface area contributed by atoms with Crippen LogP contribution in [0.3, 0.4) is 0 Å². The van der Waals surface area contributed by atoms with Gasteiger partial charge in [0.2, 0.25) is 0 Å². The second kappa shape index (κ2) is 7.15. The summed E-state index contributed by atoms with van der Waals surface area (Å²) in [6.07, 6.45) is 6.98. The second-order valence-electron chi connectivity index (χ2n) is 6.42. The number of aromatic nitrogens is 2. The number of nitrogens with zero attached hydrogens (tertiary/aromatic N) is 2. The highest BCUT2D eigenvalue weighted by Gasteiger charge is 2.32. The fourth-order valence-electron chi connectivity index (χ4n) is 3.00. The minimum atomic E-state index is 0.296. The standard InChI is InChI=1S/C17H30ClN3/c1-5-14-16(18)15(21(8-4)20-14)11-17(6-2,7-3)12-19-13-9-10-13/h13,19H,5-12H2,1-4H3. The van der Waals surface area contributed by atoms with E-state index in [2.05, 4.69) is 42.8 Å². The van der Waals surface area contributed by atoms with Gasteiger partial charge in [-0.1, -0.05) is 32.4 Å². The molecule has 0 saturated heterocycles. The molecule has 1 N–H and O–H groups in total. The van der Waals surface area contributed by atoms with E-state index in [0.717, 1.165) is 42.7 Å². The van der Waals surface area contributed by atoms with Crippen LogP contribution in [0.4, 0.5) is 0 Å². The smallest absolute Gasteiger partial charge is 0.0850 e. The number of rotatable bonds is 9. The van der Waals surface area contributed by atoms with Gasteiger partial charge in [-0.05, 0) is 50.9 Å². The first kappa shape index (κ1) is 16.8. The summed E-state index contributed by atoms with van der Waals surface area (Å²) in [6.45, 7) is 10.9. The van der Waals surface area contributed by atoms with Crippen molar-refractivity contribution < 1.29 is 0 Å². The van der Waals surface area contributed by atoms with Crippen LogP contribution in [0.1, 0.15) is 64.8 Å². The number of nitrogens with one attached hydrogen (secondary N) is 1. The first-order valence-electron chi connectivity index (χ1n) is 8.56. The Bertz CT molecular complexity index is 459. The van der Waals surface area contributed by atoms with Gasteiger partial charge in [0, 0.05) is 19.1 Å². The number of hydrogen-bond acceptors (Lipinski definition) is 2. The highest BCUT2D eigenvalue weighted by Crippen LogP contribution is 2.35. The Labute approximate surface area is 134 Å². The molecule has 0 amide bonds. The molecule has 0 unspecified atom stereocenters. The van der Waals surface area contributed by atoms with Crippen molar-refractivity contribution in [2.75, 3.05) is 6.54 Å². The minimum absolute atomic E-state index is 0.296. The first-order chi connectivity index (χ1) is 10.1. The molecule has 1 aromatic heterocycles. The summed E-state index contributed by atoms with van der Waals surface area (Å²) in [6, 6.07) is 0.764. The second-order valence-corrected chi connectivity index (χ2v) is 6.79. The lowest BCUT2D eigenvalue weighted by Gasteiger charge is -2.32. The summed E-state index contributed by atoms with van der Waals surface area (Å²) in [4.78, 5) is 0. The van der Waals surface area contributed by atoms with E-state index >= 15 is 0 Å². The third-order valence-corrected chi connectivity index (χ3v) is 5.52. The van der Waals surface area contributed by atoms with Gasteiger partial charge >= 0.3 is 0 Å². The summed E-state index contributed by atoms with van der Waals surface area (Å²) < 4.78 is 2.11. The van der Waals surface area contributed by atoms with E-state index in [1.165, 1.54) is 31.4 Å². The maximum Gasteiger partial charge on any atom is 0.0850 e. The third kappa shape index (κ3) is 3.81. The molecule has 1 saturated carbocycles. The molecule has 1 aromatic rings. The average Bonchev–Trinajstić information content (AvgIpc) is 3.29. The molecule has 1 aliphatic rings. The molecular formula is C17H30ClN3. The van der Waals surface area contributed by atoms with E-state index in [1.807, 2.05) is 0 Å². The van der Waals surface area contributed by atoms with Crippen LogP contribution in [0.5, 0.6) is 0 Å². The highest BCUT2D eigenvalue weighted by molar-refractivity contribution is 6.31. The van der Waals surface area contributed by atoms with Crippen molar-refractivity contribution in [2.24, 2.45) is 5.41 Å². The molecule has 4 heteroatoms. The topological polar surface area (TPSA) is 29.9 Å². The van der Waals surface area contributed by atoms with Gasteiger partial charge in [0.15, 0.2) is 0 Å². The van der Waals surface area contributed by atoms with Crippen molar-refractivity contribution in [3.63, 3.8) is 0 Å². The lowest BCUT2D eigenvalue weighted by molar-refractivity contribution is 0.239. The molecule has 1 heterocycles. The highest BCUT2D eigenvalue weighted by atomic mass is 35.5. The van der Waals surface area contributed by atoms with Gasteiger partial charge in [-0.2, -0.15) is 5.10 Å². The largest absolute Gasteiger partial charge is 0.313 e. The lowest BCUT2D eigenvalue weighted by Crippen LogP contribution is -2.37. The van der Waals surface area contributed by atoms with E-state index in [9.17, 15) is 0 Å². The zero-order valence-corrected chi connectivity index (χ0v) is 14.8. The molecule has 3 nitrogen and oxygen atoms in total. The SMILES string of the molecule is CCc1nn(CC)c(CC(CC)(CC)CNC2CC2)c1Cl. The van der Waals surface area contributed by atoms with Crippen LogP contribution in [0.25, 0.3) is 0 Å². The molecule has 0 radical (unpaired) electrons. The van der Waals surface area contributed by atoms with E-state index < -0.39 is 0 Å². The molecule has 0 aliphatic heterocycles. The van der Waals surface area contributed by atoms with Gasteiger partial charge in [0.25, 0.3) is 0 Å². The predicted molar refractivity (Wildman–Crippen MR) is 90.0 cm³/mol. The third-order valence-electron chi connectivity index (χ3n) is 5.08. The minimum Gasteiger partial charge on any atom is -0.313 e. The maximum atomic E-state index is 6.60. The molecule has 120 valence electrons. The Morgan fingerprint density at radius 2 is 1.90 bits per heavy atom. The molecule has 21 heavy (non-hydrogen) atoms.